The molecule has 2 aromatic carbocycles. The van der Waals surface area contributed by atoms with Crippen LogP contribution in [0, 0.1) is 0 Å². The van der Waals surface area contributed by atoms with Gasteiger partial charge in [-0.2, -0.15) is 4.31 Å². The monoisotopic (exact) mass is 474 g/mol. The zero-order chi connectivity index (χ0) is 22.5. The average Bonchev–Trinajstić information content (AvgIpc) is 2.68. The highest BCUT2D eigenvalue weighted by molar-refractivity contribution is 7.88. The van der Waals surface area contributed by atoms with Gasteiger partial charge in [-0.1, -0.05) is 35.3 Å². The SMILES string of the molecule is COc1ccc([C@@H](C)NC(=O)CN(Cc2ccc(Cl)c(Cl)c2)S(C)(=O)=O)cc1OC. The molecule has 1 N–H and O–H groups in total. The Morgan fingerprint density at radius 1 is 1.07 bits per heavy atom. The molecule has 2 aromatic rings. The molecule has 30 heavy (non-hydrogen) atoms. The molecule has 7 nitrogen and oxygen atoms in total. The van der Waals surface area contributed by atoms with Crippen molar-refractivity contribution in [3.05, 3.63) is 57.6 Å². The predicted octanol–water partition coefficient (Wildman–Crippen LogP) is 3.65. The number of nitrogens with zero attached hydrogens (tertiary/aromatic N) is 1. The van der Waals surface area contributed by atoms with Gasteiger partial charge < -0.3 is 14.8 Å². The van der Waals surface area contributed by atoms with Crippen LogP contribution in [0.15, 0.2) is 36.4 Å². The highest BCUT2D eigenvalue weighted by atomic mass is 35.5. The second-order valence-corrected chi connectivity index (χ2v) is 9.48. The lowest BCUT2D eigenvalue weighted by atomic mass is 10.1. The third-order valence-corrected chi connectivity index (χ3v) is 6.35. The molecule has 1 amide bonds. The molecule has 0 saturated heterocycles. The smallest absolute Gasteiger partial charge is 0.235 e. The number of carbonyl (C=O) groups excluding carboxylic acids is 1. The van der Waals surface area contributed by atoms with Crippen molar-refractivity contribution in [3.63, 3.8) is 0 Å². The summed E-state index contributed by atoms with van der Waals surface area (Å²) in [5.74, 6) is 0.668. The maximum Gasteiger partial charge on any atom is 0.235 e. The third-order valence-electron chi connectivity index (χ3n) is 4.42. The van der Waals surface area contributed by atoms with E-state index < -0.39 is 15.9 Å². The summed E-state index contributed by atoms with van der Waals surface area (Å²) in [5.41, 5.74) is 1.41. The summed E-state index contributed by atoms with van der Waals surface area (Å²) in [6.07, 6.45) is 1.05. The number of halogens is 2. The summed E-state index contributed by atoms with van der Waals surface area (Å²) < 4.78 is 35.9. The molecule has 0 heterocycles. The lowest BCUT2D eigenvalue weighted by Gasteiger charge is -2.22. The topological polar surface area (TPSA) is 84.9 Å². The van der Waals surface area contributed by atoms with Gasteiger partial charge in [0.15, 0.2) is 11.5 Å². The molecular weight excluding hydrogens is 451 g/mol. The molecule has 0 radical (unpaired) electrons. The molecule has 0 bridgehead atoms. The van der Waals surface area contributed by atoms with Crippen molar-refractivity contribution < 1.29 is 22.7 Å². The quantitative estimate of drug-likeness (QED) is 0.599. The Kier molecular flexibility index (Phi) is 8.37. The Morgan fingerprint density at radius 2 is 1.73 bits per heavy atom. The summed E-state index contributed by atoms with van der Waals surface area (Å²) in [5, 5.41) is 3.49. The van der Waals surface area contributed by atoms with Crippen LogP contribution in [0.5, 0.6) is 11.5 Å². The van der Waals surface area contributed by atoms with Crippen molar-refractivity contribution in [2.45, 2.75) is 19.5 Å². The van der Waals surface area contributed by atoms with Crippen molar-refractivity contribution in [2.75, 3.05) is 27.0 Å². The summed E-state index contributed by atoms with van der Waals surface area (Å²) >= 11 is 11.9. The first-order valence-electron chi connectivity index (χ1n) is 8.95. The highest BCUT2D eigenvalue weighted by Gasteiger charge is 2.22. The molecular formula is C20H24Cl2N2O5S. The minimum atomic E-state index is -3.64. The number of benzene rings is 2. The average molecular weight is 475 g/mol. The molecule has 1 atom stereocenters. The van der Waals surface area contributed by atoms with Crippen LogP contribution in [-0.4, -0.2) is 45.7 Å². The van der Waals surface area contributed by atoms with Gasteiger partial charge in [0.05, 0.1) is 43.1 Å². The number of carbonyl (C=O) groups is 1. The molecule has 0 aliphatic heterocycles. The van der Waals surface area contributed by atoms with Crippen LogP contribution in [-0.2, 0) is 21.4 Å². The van der Waals surface area contributed by atoms with E-state index in [9.17, 15) is 13.2 Å². The molecule has 0 aromatic heterocycles. The Bertz CT molecular complexity index is 1010. The summed E-state index contributed by atoms with van der Waals surface area (Å²) in [7, 11) is -0.578. The van der Waals surface area contributed by atoms with Gasteiger partial charge in [0.1, 0.15) is 0 Å². The maximum atomic E-state index is 12.6. The van der Waals surface area contributed by atoms with Gasteiger partial charge in [-0.05, 0) is 42.3 Å². The van der Waals surface area contributed by atoms with Gasteiger partial charge in [-0.15, -0.1) is 0 Å². The molecule has 0 spiro atoms. The second-order valence-electron chi connectivity index (χ2n) is 6.68. The Hall–Kier alpha value is -2.00. The van der Waals surface area contributed by atoms with Crippen LogP contribution < -0.4 is 14.8 Å². The van der Waals surface area contributed by atoms with E-state index in [0.717, 1.165) is 16.1 Å². The van der Waals surface area contributed by atoms with Crippen molar-refractivity contribution in [1.29, 1.82) is 0 Å². The summed E-state index contributed by atoms with van der Waals surface area (Å²) in [6.45, 7) is 1.45. The van der Waals surface area contributed by atoms with E-state index in [1.807, 2.05) is 0 Å². The van der Waals surface area contributed by atoms with Gasteiger partial charge in [-0.25, -0.2) is 8.42 Å². The molecule has 0 saturated carbocycles. The Balaban J connectivity index is 2.11. The lowest BCUT2D eigenvalue weighted by molar-refractivity contribution is -0.122. The zero-order valence-electron chi connectivity index (χ0n) is 17.1. The highest BCUT2D eigenvalue weighted by Crippen LogP contribution is 2.30. The van der Waals surface area contributed by atoms with Gasteiger partial charge >= 0.3 is 0 Å². The van der Waals surface area contributed by atoms with E-state index in [0.29, 0.717) is 27.1 Å². The van der Waals surface area contributed by atoms with Crippen LogP contribution in [0.2, 0.25) is 10.0 Å². The lowest BCUT2D eigenvalue weighted by Crippen LogP contribution is -2.40. The van der Waals surface area contributed by atoms with E-state index in [1.165, 1.54) is 14.2 Å². The minimum absolute atomic E-state index is 0.00607. The van der Waals surface area contributed by atoms with E-state index in [-0.39, 0.29) is 19.1 Å². The van der Waals surface area contributed by atoms with E-state index >= 15 is 0 Å². The van der Waals surface area contributed by atoms with Crippen molar-refractivity contribution in [3.8, 4) is 11.5 Å². The third kappa shape index (κ3) is 6.50. The van der Waals surface area contributed by atoms with Gasteiger partial charge in [0.25, 0.3) is 0 Å². The number of methoxy groups -OCH3 is 2. The fourth-order valence-corrected chi connectivity index (χ4v) is 3.84. The van der Waals surface area contributed by atoms with E-state index in [1.54, 1.807) is 43.3 Å². The van der Waals surface area contributed by atoms with Gasteiger partial charge in [0.2, 0.25) is 15.9 Å². The summed E-state index contributed by atoms with van der Waals surface area (Å²) in [4.78, 5) is 12.6. The molecule has 0 unspecified atom stereocenters. The standard InChI is InChI=1S/C20H24Cl2N2O5S/c1-13(15-6-8-18(28-2)19(10-15)29-3)23-20(25)12-24(30(4,26)27)11-14-5-7-16(21)17(22)9-14/h5-10,13H,11-12H2,1-4H3,(H,23,25)/t13-/m1/s1. The first-order valence-corrected chi connectivity index (χ1v) is 11.6. The number of nitrogens with one attached hydrogen (secondary N) is 1. The first-order chi connectivity index (χ1) is 14.0. The van der Waals surface area contributed by atoms with Crippen LogP contribution in [0.25, 0.3) is 0 Å². The van der Waals surface area contributed by atoms with Crippen molar-refractivity contribution in [2.24, 2.45) is 0 Å². The van der Waals surface area contributed by atoms with Crippen molar-refractivity contribution in [1.82, 2.24) is 9.62 Å². The van der Waals surface area contributed by atoms with E-state index in [2.05, 4.69) is 5.32 Å². The van der Waals surface area contributed by atoms with Gasteiger partial charge in [-0.3, -0.25) is 4.79 Å². The number of hydrogen-bond donors (Lipinski definition) is 1. The number of sulfonamides is 1. The van der Waals surface area contributed by atoms with Gasteiger partial charge in [0, 0.05) is 6.54 Å². The zero-order valence-corrected chi connectivity index (χ0v) is 19.4. The largest absolute Gasteiger partial charge is 0.493 e. The van der Waals surface area contributed by atoms with Crippen molar-refractivity contribution >= 4 is 39.1 Å². The Morgan fingerprint density at radius 3 is 2.30 bits per heavy atom. The van der Waals surface area contributed by atoms with E-state index in [4.69, 9.17) is 32.7 Å². The maximum absolute atomic E-state index is 12.6. The molecule has 2 rings (SSSR count). The number of rotatable bonds is 9. The number of amides is 1. The van der Waals surface area contributed by atoms with Crippen LogP contribution in [0.4, 0.5) is 0 Å². The number of hydrogen-bond acceptors (Lipinski definition) is 5. The van der Waals surface area contributed by atoms with Crippen LogP contribution in [0.3, 0.4) is 0 Å². The molecule has 0 aliphatic carbocycles. The normalized spacial score (nSPS) is 12.5. The fraction of sp³-hybridized carbons (Fsp3) is 0.350. The Labute approximate surface area is 186 Å². The second kappa shape index (κ2) is 10.3. The molecule has 164 valence electrons. The number of ether oxygens (including phenoxy) is 2. The van der Waals surface area contributed by atoms with Crippen LogP contribution >= 0.6 is 23.2 Å². The van der Waals surface area contributed by atoms with Crippen LogP contribution in [0.1, 0.15) is 24.1 Å². The predicted molar refractivity (Wildman–Crippen MR) is 118 cm³/mol. The molecule has 10 heteroatoms. The fourth-order valence-electron chi connectivity index (χ4n) is 2.78. The molecule has 0 aliphatic rings. The summed E-state index contributed by atoms with van der Waals surface area (Å²) in [6, 6.07) is 9.75. The molecule has 0 fully saturated rings. The first kappa shape index (κ1) is 24.3. The minimum Gasteiger partial charge on any atom is -0.493 e.